The van der Waals surface area contributed by atoms with Crippen LogP contribution in [0.4, 0.5) is 0 Å². The third-order valence-electron chi connectivity index (χ3n) is 9.65. The van der Waals surface area contributed by atoms with Gasteiger partial charge in [0.15, 0.2) is 0 Å². The van der Waals surface area contributed by atoms with Gasteiger partial charge in [0.2, 0.25) is 23.6 Å². The second kappa shape index (κ2) is 22.7. The predicted molar refractivity (Wildman–Crippen MR) is 207 cm³/mol. The largest absolute Gasteiger partial charge is 0.508 e. The van der Waals surface area contributed by atoms with Crippen LogP contribution in [0.1, 0.15) is 49.7 Å². The van der Waals surface area contributed by atoms with E-state index < -0.39 is 41.9 Å². The fourth-order valence-electron chi connectivity index (χ4n) is 6.37. The zero-order valence-corrected chi connectivity index (χ0v) is 31.9. The van der Waals surface area contributed by atoms with Crippen molar-refractivity contribution in [3.05, 3.63) is 47.5 Å². The maximum Gasteiger partial charge on any atom is 0.243 e. The van der Waals surface area contributed by atoms with Crippen LogP contribution in [-0.2, 0) is 32.0 Å². The van der Waals surface area contributed by atoms with Crippen LogP contribution in [0.3, 0.4) is 0 Å². The number of phenols is 2. The van der Waals surface area contributed by atoms with Crippen molar-refractivity contribution < 1.29 is 29.4 Å². The van der Waals surface area contributed by atoms with E-state index >= 15 is 0 Å². The number of rotatable bonds is 19. The molecule has 294 valence electrons. The van der Waals surface area contributed by atoms with E-state index in [1.807, 2.05) is 21.1 Å². The number of carbonyl (C=O) groups excluding carboxylic acids is 4. The van der Waals surface area contributed by atoms with Gasteiger partial charge in [-0.05, 0) is 140 Å². The summed E-state index contributed by atoms with van der Waals surface area (Å²) in [5.41, 5.74) is 2.35. The molecule has 5 atom stereocenters. The van der Waals surface area contributed by atoms with E-state index in [-0.39, 0.29) is 42.7 Å². The number of hydrogen-bond acceptors (Lipinski definition) is 11. The molecule has 0 spiro atoms. The number of fused-ring (bicyclic) bond motifs is 5. The van der Waals surface area contributed by atoms with Crippen LogP contribution >= 0.6 is 0 Å². The van der Waals surface area contributed by atoms with Gasteiger partial charge in [-0.2, -0.15) is 0 Å². The second-order valence-electron chi connectivity index (χ2n) is 13.6. The molecule has 0 unspecified atom stereocenters. The van der Waals surface area contributed by atoms with Crippen molar-refractivity contribution in [3.63, 3.8) is 0 Å². The van der Waals surface area contributed by atoms with Crippen molar-refractivity contribution in [1.82, 2.24) is 47.9 Å². The summed E-state index contributed by atoms with van der Waals surface area (Å²) in [6.07, 6.45) is 3.60. The molecule has 53 heavy (non-hydrogen) atoms. The third-order valence-corrected chi connectivity index (χ3v) is 9.65. The second-order valence-corrected chi connectivity index (χ2v) is 13.6. The van der Waals surface area contributed by atoms with Gasteiger partial charge in [0.1, 0.15) is 29.6 Å². The van der Waals surface area contributed by atoms with Crippen molar-refractivity contribution in [3.8, 4) is 22.6 Å². The van der Waals surface area contributed by atoms with E-state index in [0.29, 0.717) is 55.6 Å². The van der Waals surface area contributed by atoms with Crippen LogP contribution in [-0.4, -0.2) is 125 Å². The van der Waals surface area contributed by atoms with Crippen molar-refractivity contribution in [2.45, 2.75) is 81.6 Å². The highest BCUT2D eigenvalue weighted by Crippen LogP contribution is 2.31. The Kier molecular flexibility index (Phi) is 18.5. The van der Waals surface area contributed by atoms with E-state index in [2.05, 4.69) is 47.9 Å². The molecule has 0 saturated heterocycles. The van der Waals surface area contributed by atoms with Gasteiger partial charge in [-0.1, -0.05) is 12.1 Å². The highest BCUT2D eigenvalue weighted by molar-refractivity contribution is 5.95. The molecule has 4 bridgehead atoms. The van der Waals surface area contributed by atoms with Crippen molar-refractivity contribution in [2.24, 2.45) is 0 Å². The lowest BCUT2D eigenvalue weighted by molar-refractivity contribution is -0.134. The number of aromatic hydroxyl groups is 2. The SMILES string of the molecule is CNCCC[C@@H](CNC(=O)[C@H](CCCNC)NC(=O)[C@@H]1Cc2cc(ccc2O)-c2ccc(O)c(c2)C[C@H](NC)C(=O)N[C@@H](CCCNC)C(=O)N1)NC. The van der Waals surface area contributed by atoms with Crippen molar-refractivity contribution in [1.29, 1.82) is 0 Å². The van der Waals surface area contributed by atoms with Gasteiger partial charge in [0.25, 0.3) is 0 Å². The van der Waals surface area contributed by atoms with Crippen LogP contribution in [0.2, 0.25) is 0 Å². The first-order valence-corrected chi connectivity index (χ1v) is 18.7. The zero-order valence-electron chi connectivity index (χ0n) is 31.9. The Bertz CT molecular complexity index is 1490. The maximum absolute atomic E-state index is 14.2. The van der Waals surface area contributed by atoms with Crippen LogP contribution in [0.15, 0.2) is 36.4 Å². The lowest BCUT2D eigenvalue weighted by atomic mass is 9.95. The van der Waals surface area contributed by atoms with Gasteiger partial charge in [0.05, 0.1) is 6.04 Å². The van der Waals surface area contributed by atoms with Gasteiger partial charge in [0, 0.05) is 25.4 Å². The quantitative estimate of drug-likeness (QED) is 0.0835. The fourth-order valence-corrected chi connectivity index (χ4v) is 6.37. The zero-order chi connectivity index (χ0) is 38.8. The number of benzene rings is 2. The topological polar surface area (TPSA) is 217 Å². The average molecular weight is 740 g/mol. The van der Waals surface area contributed by atoms with Gasteiger partial charge in [-0.15, -0.1) is 0 Å². The number of phenolic OH excluding ortho intramolecular Hbond substituents is 2. The summed E-state index contributed by atoms with van der Waals surface area (Å²) in [5.74, 6) is -2.01. The molecule has 11 N–H and O–H groups in total. The molecular formula is C38H61N9O6. The summed E-state index contributed by atoms with van der Waals surface area (Å²) in [7, 11) is 8.98. The minimum absolute atomic E-state index is 0.0220. The first kappa shape index (κ1) is 43.1. The Hall–Kier alpha value is -4.28. The summed E-state index contributed by atoms with van der Waals surface area (Å²) < 4.78 is 0. The summed E-state index contributed by atoms with van der Waals surface area (Å²) >= 11 is 0. The minimum Gasteiger partial charge on any atom is -0.508 e. The van der Waals surface area contributed by atoms with Crippen LogP contribution in [0, 0.1) is 0 Å². The van der Waals surface area contributed by atoms with Crippen LogP contribution < -0.4 is 47.9 Å². The molecule has 1 aliphatic heterocycles. The minimum atomic E-state index is -1.21. The fraction of sp³-hybridized carbons (Fsp3) is 0.579. The Morgan fingerprint density at radius 3 is 1.94 bits per heavy atom. The van der Waals surface area contributed by atoms with Crippen molar-refractivity contribution >= 4 is 23.6 Å². The molecule has 2 aromatic rings. The maximum atomic E-state index is 14.2. The summed E-state index contributed by atoms with van der Waals surface area (Å²) in [6, 6.07) is 6.23. The van der Waals surface area contributed by atoms with E-state index in [1.165, 1.54) is 6.07 Å². The number of amides is 4. The molecular weight excluding hydrogens is 678 g/mol. The number of nitrogens with one attached hydrogen (secondary N) is 9. The molecule has 15 heteroatoms. The van der Waals surface area contributed by atoms with Gasteiger partial charge < -0.3 is 58.1 Å². The van der Waals surface area contributed by atoms with E-state index in [0.717, 1.165) is 24.9 Å². The van der Waals surface area contributed by atoms with E-state index in [4.69, 9.17) is 0 Å². The lowest BCUT2D eigenvalue weighted by Gasteiger charge is -2.27. The average Bonchev–Trinajstić information content (AvgIpc) is 3.15. The van der Waals surface area contributed by atoms with Gasteiger partial charge >= 0.3 is 0 Å². The van der Waals surface area contributed by atoms with Crippen LogP contribution in [0.5, 0.6) is 11.5 Å². The Morgan fingerprint density at radius 2 is 1.36 bits per heavy atom. The van der Waals surface area contributed by atoms with Gasteiger partial charge in [-0.3, -0.25) is 19.2 Å². The van der Waals surface area contributed by atoms with Crippen LogP contribution in [0.25, 0.3) is 11.1 Å². The molecule has 3 rings (SSSR count). The molecule has 0 fully saturated rings. The third kappa shape index (κ3) is 13.6. The molecule has 15 nitrogen and oxygen atoms in total. The highest BCUT2D eigenvalue weighted by Gasteiger charge is 2.32. The first-order valence-electron chi connectivity index (χ1n) is 18.7. The van der Waals surface area contributed by atoms with Crippen molar-refractivity contribution in [2.75, 3.05) is 61.4 Å². The molecule has 1 aliphatic rings. The normalized spacial score (nSPS) is 18.8. The summed E-state index contributed by atoms with van der Waals surface area (Å²) in [4.78, 5) is 55.4. The monoisotopic (exact) mass is 739 g/mol. The van der Waals surface area contributed by atoms with E-state index in [1.54, 1.807) is 44.4 Å². The van der Waals surface area contributed by atoms with Gasteiger partial charge in [-0.25, -0.2) is 0 Å². The lowest BCUT2D eigenvalue weighted by Crippen LogP contribution is -2.59. The molecule has 4 amide bonds. The molecule has 0 aliphatic carbocycles. The number of likely N-dealkylation sites (N-methyl/N-ethyl adjacent to an activating group) is 2. The first-order chi connectivity index (χ1) is 25.5. The molecule has 0 aromatic heterocycles. The Balaban J connectivity index is 2.00. The predicted octanol–water partition coefficient (Wildman–Crippen LogP) is -0.391. The standard InChI is InChI=1S/C38H61N9O6/c1-39-16-6-9-28(42-4)23-44-35(50)29(10-7-17-40-2)45-38(53)32-22-27-20-25(13-15-34(27)49)24-12-14-33(48)26(19-24)21-31(43-5)37(52)46-30(36(51)47-32)11-8-18-41-3/h12-15,19-20,28-32,39-43,48-49H,6-11,16-18,21-23H2,1-5H3,(H,44,50)(H,45,53)(H,46,52)(H,47,51)/t28-,29-,30-,31-,32-/m0/s1. The molecule has 0 radical (unpaired) electrons. The summed E-state index contributed by atoms with van der Waals surface area (Å²) in [6.45, 7) is 2.45. The van der Waals surface area contributed by atoms with E-state index in [9.17, 15) is 29.4 Å². The molecule has 2 aromatic carbocycles. The molecule has 0 saturated carbocycles. The highest BCUT2D eigenvalue weighted by atomic mass is 16.3. The molecule has 1 heterocycles. The smallest absolute Gasteiger partial charge is 0.243 e. The number of hydrogen-bond donors (Lipinski definition) is 11. The Labute approximate surface area is 313 Å². The number of carbonyl (C=O) groups is 4. The summed E-state index contributed by atoms with van der Waals surface area (Å²) in [5, 5.41) is 48.8. The Morgan fingerprint density at radius 1 is 0.774 bits per heavy atom.